The highest BCUT2D eigenvalue weighted by molar-refractivity contribution is 5.89. The van der Waals surface area contributed by atoms with Crippen LogP contribution < -0.4 is 4.74 Å². The van der Waals surface area contributed by atoms with Gasteiger partial charge >= 0.3 is 5.97 Å². The van der Waals surface area contributed by atoms with Crippen molar-refractivity contribution in [3.05, 3.63) is 101 Å². The molecule has 0 N–H and O–H groups in total. The van der Waals surface area contributed by atoms with Gasteiger partial charge in [-0.2, -0.15) is 0 Å². The van der Waals surface area contributed by atoms with Gasteiger partial charge in [0.15, 0.2) is 0 Å². The molecule has 1 fully saturated rings. The molecule has 6 nitrogen and oxygen atoms in total. The zero-order valence-corrected chi connectivity index (χ0v) is 23.4. The van der Waals surface area contributed by atoms with Crippen LogP contribution in [0.5, 0.6) is 5.75 Å². The number of ether oxygens (including phenoxy) is 2. The molecular formula is C33H39FN2O4. The van der Waals surface area contributed by atoms with Crippen molar-refractivity contribution in [1.82, 2.24) is 9.80 Å². The van der Waals surface area contributed by atoms with Crippen molar-refractivity contribution >= 4 is 11.9 Å². The molecule has 1 amide bonds. The SMILES string of the molecule is CC(C)COc1ccc(CC(=O)N(Cc2ccc(F)cc2)C2CCN(CCOC(=O)c3ccccc3)CC2)cc1. The van der Waals surface area contributed by atoms with Gasteiger partial charge in [0.2, 0.25) is 5.91 Å². The number of likely N-dealkylation sites (tertiary alicyclic amines) is 1. The van der Waals surface area contributed by atoms with Crippen LogP contribution in [0.15, 0.2) is 78.9 Å². The first-order valence-electron chi connectivity index (χ1n) is 14.1. The van der Waals surface area contributed by atoms with Crippen LogP contribution in [0.1, 0.15) is 48.2 Å². The largest absolute Gasteiger partial charge is 0.493 e. The topological polar surface area (TPSA) is 59.1 Å². The lowest BCUT2D eigenvalue weighted by Gasteiger charge is -2.38. The lowest BCUT2D eigenvalue weighted by atomic mass is 10.0. The van der Waals surface area contributed by atoms with Crippen LogP contribution in [0.4, 0.5) is 4.39 Å². The third-order valence-corrected chi connectivity index (χ3v) is 7.10. The van der Waals surface area contributed by atoms with Gasteiger partial charge in [-0.15, -0.1) is 0 Å². The van der Waals surface area contributed by atoms with E-state index in [1.807, 2.05) is 47.4 Å². The molecule has 1 aliphatic rings. The van der Waals surface area contributed by atoms with Gasteiger partial charge in [0.1, 0.15) is 18.2 Å². The zero-order chi connectivity index (χ0) is 28.3. The molecule has 4 rings (SSSR count). The molecule has 0 aliphatic carbocycles. The maximum atomic E-state index is 13.6. The summed E-state index contributed by atoms with van der Waals surface area (Å²) in [7, 11) is 0. The second kappa shape index (κ2) is 14.6. The Bertz CT molecular complexity index is 1210. The number of carbonyl (C=O) groups is 2. The smallest absolute Gasteiger partial charge is 0.338 e. The summed E-state index contributed by atoms with van der Waals surface area (Å²) in [4.78, 5) is 30.0. The predicted octanol–water partition coefficient (Wildman–Crippen LogP) is 5.75. The third-order valence-electron chi connectivity index (χ3n) is 7.10. The maximum Gasteiger partial charge on any atom is 0.338 e. The predicted molar refractivity (Wildman–Crippen MR) is 154 cm³/mol. The molecule has 1 aliphatic heterocycles. The van der Waals surface area contributed by atoms with E-state index in [9.17, 15) is 14.0 Å². The average Bonchev–Trinajstić information content (AvgIpc) is 2.97. The van der Waals surface area contributed by atoms with E-state index >= 15 is 0 Å². The molecule has 0 spiro atoms. The van der Waals surface area contributed by atoms with Gasteiger partial charge in [-0.1, -0.05) is 56.3 Å². The van der Waals surface area contributed by atoms with Crippen molar-refractivity contribution in [2.45, 2.75) is 45.7 Å². The second-order valence-electron chi connectivity index (χ2n) is 10.7. The minimum Gasteiger partial charge on any atom is -0.493 e. The molecule has 0 bridgehead atoms. The molecule has 7 heteroatoms. The first kappa shape index (κ1) is 29.3. The number of carbonyl (C=O) groups excluding carboxylic acids is 2. The number of rotatable bonds is 12. The minimum atomic E-state index is -0.314. The highest BCUT2D eigenvalue weighted by atomic mass is 19.1. The van der Waals surface area contributed by atoms with Crippen molar-refractivity contribution in [3.63, 3.8) is 0 Å². The van der Waals surface area contributed by atoms with Crippen molar-refractivity contribution < 1.29 is 23.5 Å². The third kappa shape index (κ3) is 8.91. The van der Waals surface area contributed by atoms with Crippen molar-refractivity contribution in [1.29, 1.82) is 0 Å². The van der Waals surface area contributed by atoms with Crippen molar-refractivity contribution in [2.75, 3.05) is 32.8 Å². The number of amides is 1. The van der Waals surface area contributed by atoms with Gasteiger partial charge < -0.3 is 14.4 Å². The Morgan fingerprint density at radius 2 is 1.57 bits per heavy atom. The van der Waals surface area contributed by atoms with E-state index in [1.165, 1.54) is 12.1 Å². The van der Waals surface area contributed by atoms with Gasteiger partial charge in [0.05, 0.1) is 18.6 Å². The number of hydrogen-bond donors (Lipinski definition) is 0. The fourth-order valence-electron chi connectivity index (χ4n) is 4.83. The van der Waals surface area contributed by atoms with Crippen LogP contribution in [0.2, 0.25) is 0 Å². The van der Waals surface area contributed by atoms with Gasteiger partial charge in [0.25, 0.3) is 0 Å². The Hall–Kier alpha value is -3.71. The van der Waals surface area contributed by atoms with Crippen LogP contribution in [0.3, 0.4) is 0 Å². The summed E-state index contributed by atoms with van der Waals surface area (Å²) >= 11 is 0. The Labute approximate surface area is 236 Å². The molecule has 1 saturated heterocycles. The van der Waals surface area contributed by atoms with E-state index in [2.05, 4.69) is 18.7 Å². The fraction of sp³-hybridized carbons (Fsp3) is 0.394. The number of hydrogen-bond acceptors (Lipinski definition) is 5. The molecule has 0 unspecified atom stereocenters. The van der Waals surface area contributed by atoms with E-state index in [-0.39, 0.29) is 23.7 Å². The molecule has 0 saturated carbocycles. The van der Waals surface area contributed by atoms with Crippen molar-refractivity contribution in [2.24, 2.45) is 5.92 Å². The van der Waals surface area contributed by atoms with Crippen LogP contribution in [0, 0.1) is 11.7 Å². The van der Waals surface area contributed by atoms with Crippen LogP contribution in [-0.4, -0.2) is 60.6 Å². The molecular weight excluding hydrogens is 507 g/mol. The van der Waals surface area contributed by atoms with E-state index < -0.39 is 0 Å². The number of esters is 1. The number of nitrogens with zero attached hydrogens (tertiary/aromatic N) is 2. The van der Waals surface area contributed by atoms with Gasteiger partial charge in [0, 0.05) is 32.2 Å². The summed E-state index contributed by atoms with van der Waals surface area (Å²) in [5, 5.41) is 0. The second-order valence-corrected chi connectivity index (χ2v) is 10.7. The van der Waals surface area contributed by atoms with E-state index in [0.29, 0.717) is 44.2 Å². The molecule has 0 aromatic heterocycles. The Kier molecular flexibility index (Phi) is 10.7. The fourth-order valence-corrected chi connectivity index (χ4v) is 4.83. The first-order valence-corrected chi connectivity index (χ1v) is 14.1. The molecule has 1 heterocycles. The summed E-state index contributed by atoms with van der Waals surface area (Å²) in [6.45, 7) is 7.90. The lowest BCUT2D eigenvalue weighted by Crippen LogP contribution is -2.48. The highest BCUT2D eigenvalue weighted by Gasteiger charge is 2.28. The first-order chi connectivity index (χ1) is 19.4. The monoisotopic (exact) mass is 546 g/mol. The summed E-state index contributed by atoms with van der Waals surface area (Å²) in [5.41, 5.74) is 2.39. The summed E-state index contributed by atoms with van der Waals surface area (Å²) in [6, 6.07) is 23.2. The molecule has 212 valence electrons. The van der Waals surface area contributed by atoms with E-state index in [4.69, 9.17) is 9.47 Å². The maximum absolute atomic E-state index is 13.6. The Morgan fingerprint density at radius 3 is 2.23 bits per heavy atom. The zero-order valence-electron chi connectivity index (χ0n) is 23.4. The van der Waals surface area contributed by atoms with E-state index in [0.717, 1.165) is 42.8 Å². The van der Waals surface area contributed by atoms with Gasteiger partial charge in [-0.3, -0.25) is 9.69 Å². The molecule has 0 atom stereocenters. The van der Waals surface area contributed by atoms with Crippen LogP contribution in [0.25, 0.3) is 0 Å². The summed E-state index contributed by atoms with van der Waals surface area (Å²) in [6.07, 6.45) is 1.93. The number of benzene rings is 3. The van der Waals surface area contributed by atoms with Crippen LogP contribution in [-0.2, 0) is 22.5 Å². The Balaban J connectivity index is 1.33. The standard InChI is InChI=1S/C33H39FN2O4/c1-25(2)24-40-31-14-10-26(11-15-31)22-32(37)36(23-27-8-12-29(34)13-9-27)30-16-18-35(19-17-30)20-21-39-33(38)28-6-4-3-5-7-28/h3-15,25,30H,16-24H2,1-2H3. The summed E-state index contributed by atoms with van der Waals surface area (Å²) < 4.78 is 24.7. The average molecular weight is 547 g/mol. The van der Waals surface area contributed by atoms with Gasteiger partial charge in [-0.05, 0) is 66.3 Å². The minimum absolute atomic E-state index is 0.0513. The number of piperidine rings is 1. The lowest BCUT2D eigenvalue weighted by molar-refractivity contribution is -0.134. The normalized spacial score (nSPS) is 14.2. The molecule has 0 radical (unpaired) electrons. The highest BCUT2D eigenvalue weighted by Crippen LogP contribution is 2.22. The van der Waals surface area contributed by atoms with E-state index in [1.54, 1.807) is 24.3 Å². The van der Waals surface area contributed by atoms with Crippen LogP contribution >= 0.6 is 0 Å². The molecule has 40 heavy (non-hydrogen) atoms. The quantitative estimate of drug-likeness (QED) is 0.271. The molecule has 3 aromatic rings. The summed E-state index contributed by atoms with van der Waals surface area (Å²) in [5.74, 6) is 0.691. The number of halogens is 1. The molecule has 3 aromatic carbocycles. The van der Waals surface area contributed by atoms with Gasteiger partial charge in [-0.25, -0.2) is 9.18 Å². The van der Waals surface area contributed by atoms with Crippen molar-refractivity contribution in [3.8, 4) is 5.75 Å². The Morgan fingerprint density at radius 1 is 0.925 bits per heavy atom.